The third kappa shape index (κ3) is 5.23. The number of aromatic nitrogens is 1. The van der Waals surface area contributed by atoms with Gasteiger partial charge in [0.25, 0.3) is 11.5 Å². The first-order chi connectivity index (χ1) is 17.7. The molecular weight excluding hydrogens is 489 g/mol. The van der Waals surface area contributed by atoms with Crippen LogP contribution >= 0.6 is 0 Å². The molecule has 1 amide bonds. The number of nitrogens with zero attached hydrogens (tertiary/aromatic N) is 1. The molecular formula is C27H23F3N2O5. The van der Waals surface area contributed by atoms with Gasteiger partial charge in [0.2, 0.25) is 0 Å². The maximum absolute atomic E-state index is 13.5. The molecule has 0 radical (unpaired) electrons. The summed E-state index contributed by atoms with van der Waals surface area (Å²) in [4.78, 5) is 26.9. The van der Waals surface area contributed by atoms with Gasteiger partial charge in [-0.3, -0.25) is 14.2 Å². The fourth-order valence-electron chi connectivity index (χ4n) is 3.88. The number of hydrogen-bond acceptors (Lipinski definition) is 5. The van der Waals surface area contributed by atoms with Crippen LogP contribution < -0.4 is 25.1 Å². The lowest BCUT2D eigenvalue weighted by Gasteiger charge is -2.16. The molecule has 7 nitrogen and oxygen atoms in total. The lowest BCUT2D eigenvalue weighted by Crippen LogP contribution is -2.23. The van der Waals surface area contributed by atoms with E-state index in [9.17, 15) is 22.8 Å². The topological polar surface area (TPSA) is 78.8 Å². The number of hydrogen-bond donors (Lipinski definition) is 1. The van der Waals surface area contributed by atoms with E-state index in [2.05, 4.69) is 5.32 Å². The molecule has 1 N–H and O–H groups in total. The highest BCUT2D eigenvalue weighted by molar-refractivity contribution is 6.13. The number of halogens is 3. The van der Waals surface area contributed by atoms with Crippen LogP contribution in [0.15, 0.2) is 71.7 Å². The molecule has 4 aromatic rings. The Morgan fingerprint density at radius 2 is 1.59 bits per heavy atom. The van der Waals surface area contributed by atoms with Crippen molar-refractivity contribution in [1.29, 1.82) is 0 Å². The molecule has 10 heteroatoms. The van der Waals surface area contributed by atoms with Crippen molar-refractivity contribution in [1.82, 2.24) is 4.57 Å². The molecule has 1 heterocycles. The normalized spacial score (nSPS) is 11.3. The summed E-state index contributed by atoms with van der Waals surface area (Å²) in [6.07, 6.45) is -3.23. The molecule has 0 spiro atoms. The van der Waals surface area contributed by atoms with Gasteiger partial charge in [-0.25, -0.2) is 0 Å². The van der Waals surface area contributed by atoms with Crippen LogP contribution in [0.1, 0.15) is 22.8 Å². The van der Waals surface area contributed by atoms with Crippen LogP contribution in [-0.2, 0) is 6.18 Å². The molecule has 37 heavy (non-hydrogen) atoms. The second-order valence-corrected chi connectivity index (χ2v) is 7.93. The summed E-state index contributed by atoms with van der Waals surface area (Å²) in [6, 6.07) is 13.9. The van der Waals surface area contributed by atoms with Crippen LogP contribution in [0.3, 0.4) is 0 Å². The third-order valence-corrected chi connectivity index (χ3v) is 5.64. The average molecular weight is 512 g/mol. The summed E-state index contributed by atoms with van der Waals surface area (Å²) in [5, 5.41) is 2.91. The number of pyridine rings is 1. The molecule has 0 aliphatic rings. The van der Waals surface area contributed by atoms with Gasteiger partial charge < -0.3 is 19.5 Å². The fraction of sp³-hybridized carbons (Fsp3) is 0.185. The minimum atomic E-state index is -4.57. The number of alkyl halides is 3. The van der Waals surface area contributed by atoms with Gasteiger partial charge in [-0.1, -0.05) is 6.07 Å². The Morgan fingerprint density at radius 3 is 2.19 bits per heavy atom. The lowest BCUT2D eigenvalue weighted by molar-refractivity contribution is -0.137. The number of rotatable bonds is 7. The van der Waals surface area contributed by atoms with Crippen molar-refractivity contribution >= 4 is 22.4 Å². The first-order valence-corrected chi connectivity index (χ1v) is 11.2. The number of ether oxygens (including phenoxy) is 3. The predicted octanol–water partition coefficient (Wildman–Crippen LogP) is 5.68. The average Bonchev–Trinajstić information content (AvgIpc) is 2.88. The molecule has 0 atom stereocenters. The highest BCUT2D eigenvalue weighted by atomic mass is 19.4. The summed E-state index contributed by atoms with van der Waals surface area (Å²) in [6.45, 7) is 2.31. The molecule has 1 aromatic heterocycles. The quantitative estimate of drug-likeness (QED) is 0.345. The second-order valence-electron chi connectivity index (χ2n) is 7.93. The van der Waals surface area contributed by atoms with Gasteiger partial charge >= 0.3 is 6.18 Å². The minimum absolute atomic E-state index is 0.0434. The van der Waals surface area contributed by atoms with Gasteiger partial charge in [-0.05, 0) is 61.5 Å². The molecule has 0 saturated heterocycles. The maximum Gasteiger partial charge on any atom is 0.416 e. The zero-order chi connectivity index (χ0) is 26.7. The Labute approximate surface area is 210 Å². The van der Waals surface area contributed by atoms with Crippen molar-refractivity contribution in [2.75, 3.05) is 26.1 Å². The Hall–Kier alpha value is -4.47. The highest BCUT2D eigenvalue weighted by Gasteiger charge is 2.30. The molecule has 3 aromatic carbocycles. The van der Waals surface area contributed by atoms with Crippen LogP contribution in [0.25, 0.3) is 16.5 Å². The standard InChI is InChI=1S/C27H23F3N2O5/c1-4-37-19-10-8-18(9-11-19)32-15-22(20-13-23(35-2)24(36-3)14-21(20)26(32)34)25(33)31-17-7-5-6-16(12-17)27(28,29)30/h5-15H,4H2,1-3H3,(H,31,33). The van der Waals surface area contributed by atoms with Crippen LogP contribution in [0.5, 0.6) is 17.2 Å². The van der Waals surface area contributed by atoms with Crippen molar-refractivity contribution < 1.29 is 32.2 Å². The Bertz CT molecular complexity index is 1510. The van der Waals surface area contributed by atoms with E-state index in [4.69, 9.17) is 14.2 Å². The Morgan fingerprint density at radius 1 is 0.946 bits per heavy atom. The minimum Gasteiger partial charge on any atom is -0.494 e. The largest absolute Gasteiger partial charge is 0.494 e. The molecule has 192 valence electrons. The van der Waals surface area contributed by atoms with E-state index in [1.54, 1.807) is 24.3 Å². The molecule has 0 unspecified atom stereocenters. The maximum atomic E-state index is 13.5. The van der Waals surface area contributed by atoms with E-state index in [0.717, 1.165) is 12.1 Å². The van der Waals surface area contributed by atoms with E-state index in [1.165, 1.54) is 49.2 Å². The highest BCUT2D eigenvalue weighted by Crippen LogP contribution is 2.34. The third-order valence-electron chi connectivity index (χ3n) is 5.64. The number of methoxy groups -OCH3 is 2. The van der Waals surface area contributed by atoms with Crippen molar-refractivity contribution in [3.8, 4) is 22.9 Å². The number of anilines is 1. The Kier molecular flexibility index (Phi) is 7.10. The SMILES string of the molecule is CCOc1ccc(-n2cc(C(=O)Nc3cccc(C(F)(F)F)c3)c3cc(OC)c(OC)cc3c2=O)cc1. The van der Waals surface area contributed by atoms with Gasteiger partial charge in [0.15, 0.2) is 11.5 Å². The lowest BCUT2D eigenvalue weighted by atomic mass is 10.0. The van der Waals surface area contributed by atoms with Crippen molar-refractivity contribution in [3.05, 3.63) is 88.3 Å². The van der Waals surface area contributed by atoms with Crippen LogP contribution in [0.2, 0.25) is 0 Å². The summed E-state index contributed by atoms with van der Waals surface area (Å²) < 4.78 is 56.9. The van der Waals surface area contributed by atoms with Gasteiger partial charge in [0, 0.05) is 23.0 Å². The molecule has 0 aliphatic carbocycles. The number of fused-ring (bicyclic) bond motifs is 1. The number of carbonyl (C=O) groups excluding carboxylic acids is 1. The predicted molar refractivity (Wildman–Crippen MR) is 133 cm³/mol. The van der Waals surface area contributed by atoms with E-state index in [-0.39, 0.29) is 33.5 Å². The molecule has 0 aliphatic heterocycles. The summed E-state index contributed by atoms with van der Waals surface area (Å²) >= 11 is 0. The van der Waals surface area contributed by atoms with Gasteiger partial charge in [0.05, 0.1) is 37.3 Å². The van der Waals surface area contributed by atoms with Crippen LogP contribution in [-0.4, -0.2) is 31.3 Å². The summed E-state index contributed by atoms with van der Waals surface area (Å²) in [7, 11) is 2.83. The van der Waals surface area contributed by atoms with Crippen molar-refractivity contribution in [2.45, 2.75) is 13.1 Å². The van der Waals surface area contributed by atoms with E-state index < -0.39 is 23.2 Å². The van der Waals surface area contributed by atoms with E-state index in [1.807, 2.05) is 6.92 Å². The number of carbonyl (C=O) groups is 1. The number of nitrogens with one attached hydrogen (secondary N) is 1. The molecule has 0 bridgehead atoms. The zero-order valence-corrected chi connectivity index (χ0v) is 20.2. The fourth-order valence-corrected chi connectivity index (χ4v) is 3.88. The van der Waals surface area contributed by atoms with E-state index in [0.29, 0.717) is 18.0 Å². The van der Waals surface area contributed by atoms with Crippen LogP contribution in [0.4, 0.5) is 18.9 Å². The first kappa shape index (κ1) is 25.6. The monoisotopic (exact) mass is 512 g/mol. The number of benzene rings is 3. The van der Waals surface area contributed by atoms with Crippen molar-refractivity contribution in [3.63, 3.8) is 0 Å². The van der Waals surface area contributed by atoms with Crippen LogP contribution in [0, 0.1) is 0 Å². The molecule has 0 saturated carbocycles. The summed E-state index contributed by atoms with van der Waals surface area (Å²) in [5.74, 6) is 0.451. The molecule has 0 fully saturated rings. The molecule has 4 rings (SSSR count). The van der Waals surface area contributed by atoms with Gasteiger partial charge in [-0.15, -0.1) is 0 Å². The number of amides is 1. The second kappa shape index (κ2) is 10.3. The summed E-state index contributed by atoms with van der Waals surface area (Å²) in [5.41, 5.74) is -0.885. The zero-order valence-electron chi connectivity index (χ0n) is 20.2. The first-order valence-electron chi connectivity index (χ1n) is 11.2. The van der Waals surface area contributed by atoms with Gasteiger partial charge in [0.1, 0.15) is 5.75 Å². The smallest absolute Gasteiger partial charge is 0.416 e. The van der Waals surface area contributed by atoms with Gasteiger partial charge in [-0.2, -0.15) is 13.2 Å². The van der Waals surface area contributed by atoms with E-state index >= 15 is 0 Å². The van der Waals surface area contributed by atoms with Crippen molar-refractivity contribution in [2.24, 2.45) is 0 Å². The Balaban J connectivity index is 1.88.